The van der Waals surface area contributed by atoms with Crippen molar-refractivity contribution >= 4 is 11.0 Å². The fourth-order valence-electron chi connectivity index (χ4n) is 2.79. The van der Waals surface area contributed by atoms with Crippen LogP contribution in [-0.4, -0.2) is 22.6 Å². The SMILES string of the molecule is Cc1nc2ccc(C(N)CC3CCCN3)cc2[nH]1. The third kappa shape index (κ3) is 2.26. The fourth-order valence-corrected chi connectivity index (χ4v) is 2.79. The predicted octanol–water partition coefficient (Wildman–Crippen LogP) is 2.01. The monoisotopic (exact) mass is 244 g/mol. The number of hydrogen-bond donors (Lipinski definition) is 3. The van der Waals surface area contributed by atoms with E-state index in [1.165, 1.54) is 18.4 Å². The zero-order valence-electron chi connectivity index (χ0n) is 10.7. The molecule has 4 heteroatoms. The topological polar surface area (TPSA) is 66.7 Å². The first-order valence-electron chi connectivity index (χ1n) is 6.67. The molecule has 2 atom stereocenters. The number of benzene rings is 1. The number of H-pyrrole nitrogens is 1. The van der Waals surface area contributed by atoms with Gasteiger partial charge in [0.2, 0.25) is 0 Å². The maximum absolute atomic E-state index is 6.30. The molecule has 3 rings (SSSR count). The van der Waals surface area contributed by atoms with Gasteiger partial charge in [0.15, 0.2) is 0 Å². The highest BCUT2D eigenvalue weighted by Gasteiger charge is 2.18. The molecular formula is C14H20N4. The quantitative estimate of drug-likeness (QED) is 0.773. The van der Waals surface area contributed by atoms with E-state index < -0.39 is 0 Å². The molecule has 1 fully saturated rings. The molecule has 0 bridgehead atoms. The first kappa shape index (κ1) is 11.7. The van der Waals surface area contributed by atoms with E-state index in [0.29, 0.717) is 6.04 Å². The van der Waals surface area contributed by atoms with Gasteiger partial charge in [-0.15, -0.1) is 0 Å². The Morgan fingerprint density at radius 1 is 1.50 bits per heavy atom. The molecule has 1 aliphatic rings. The Morgan fingerprint density at radius 3 is 3.17 bits per heavy atom. The van der Waals surface area contributed by atoms with Crippen molar-refractivity contribution in [1.82, 2.24) is 15.3 Å². The van der Waals surface area contributed by atoms with Gasteiger partial charge in [-0.3, -0.25) is 0 Å². The molecule has 0 aliphatic carbocycles. The number of rotatable bonds is 3. The molecule has 1 aromatic carbocycles. The van der Waals surface area contributed by atoms with Gasteiger partial charge in [0.1, 0.15) is 5.82 Å². The molecule has 4 N–H and O–H groups in total. The molecule has 2 heterocycles. The van der Waals surface area contributed by atoms with Gasteiger partial charge in [-0.05, 0) is 50.4 Å². The molecule has 96 valence electrons. The fraction of sp³-hybridized carbons (Fsp3) is 0.500. The lowest BCUT2D eigenvalue weighted by molar-refractivity contribution is 0.499. The highest BCUT2D eigenvalue weighted by Crippen LogP contribution is 2.23. The zero-order valence-corrected chi connectivity index (χ0v) is 10.7. The normalized spacial score (nSPS) is 21.6. The van der Waals surface area contributed by atoms with Gasteiger partial charge in [-0.2, -0.15) is 0 Å². The lowest BCUT2D eigenvalue weighted by Gasteiger charge is -2.17. The Balaban J connectivity index is 1.79. The van der Waals surface area contributed by atoms with Crippen LogP contribution in [0.25, 0.3) is 11.0 Å². The van der Waals surface area contributed by atoms with Gasteiger partial charge in [0.25, 0.3) is 0 Å². The number of nitrogens with one attached hydrogen (secondary N) is 2. The Bertz CT molecular complexity index is 540. The van der Waals surface area contributed by atoms with Crippen LogP contribution in [0.2, 0.25) is 0 Å². The maximum Gasteiger partial charge on any atom is 0.104 e. The summed E-state index contributed by atoms with van der Waals surface area (Å²) in [6.07, 6.45) is 3.54. The molecule has 0 saturated carbocycles. The minimum absolute atomic E-state index is 0.105. The van der Waals surface area contributed by atoms with Gasteiger partial charge >= 0.3 is 0 Å². The summed E-state index contributed by atoms with van der Waals surface area (Å²) >= 11 is 0. The van der Waals surface area contributed by atoms with Crippen molar-refractivity contribution in [2.24, 2.45) is 5.73 Å². The summed E-state index contributed by atoms with van der Waals surface area (Å²) in [6.45, 7) is 3.11. The highest BCUT2D eigenvalue weighted by molar-refractivity contribution is 5.75. The molecule has 2 unspecified atom stereocenters. The second-order valence-corrected chi connectivity index (χ2v) is 5.23. The molecule has 0 radical (unpaired) electrons. The van der Waals surface area contributed by atoms with E-state index in [2.05, 4.69) is 33.5 Å². The number of aromatic nitrogens is 2. The van der Waals surface area contributed by atoms with Crippen molar-refractivity contribution in [3.05, 3.63) is 29.6 Å². The number of nitrogens with two attached hydrogens (primary N) is 1. The number of hydrogen-bond acceptors (Lipinski definition) is 3. The van der Waals surface area contributed by atoms with E-state index >= 15 is 0 Å². The summed E-state index contributed by atoms with van der Waals surface area (Å²) in [6, 6.07) is 6.97. The molecule has 0 spiro atoms. The predicted molar refractivity (Wildman–Crippen MR) is 73.4 cm³/mol. The molecule has 1 saturated heterocycles. The second kappa shape index (κ2) is 4.71. The average Bonchev–Trinajstić information content (AvgIpc) is 2.95. The first-order valence-corrected chi connectivity index (χ1v) is 6.67. The van der Waals surface area contributed by atoms with E-state index in [1.54, 1.807) is 0 Å². The maximum atomic E-state index is 6.30. The minimum atomic E-state index is 0.105. The average molecular weight is 244 g/mol. The lowest BCUT2D eigenvalue weighted by Crippen LogP contribution is -2.26. The Labute approximate surface area is 107 Å². The lowest BCUT2D eigenvalue weighted by atomic mass is 9.99. The number of aryl methyl sites for hydroxylation is 1. The Kier molecular flexibility index (Phi) is 3.06. The standard InChI is InChI=1S/C14H20N4/c1-9-17-13-5-4-10(7-14(13)18-9)12(15)8-11-3-2-6-16-11/h4-5,7,11-12,16H,2-3,6,8,15H2,1H3,(H,17,18). The van der Waals surface area contributed by atoms with Crippen molar-refractivity contribution in [1.29, 1.82) is 0 Å². The Morgan fingerprint density at radius 2 is 2.39 bits per heavy atom. The third-order valence-electron chi connectivity index (χ3n) is 3.75. The summed E-state index contributed by atoms with van der Waals surface area (Å²) in [5.41, 5.74) is 9.59. The molecule has 0 amide bonds. The van der Waals surface area contributed by atoms with Crippen molar-refractivity contribution in [3.8, 4) is 0 Å². The van der Waals surface area contributed by atoms with Gasteiger partial charge < -0.3 is 16.0 Å². The van der Waals surface area contributed by atoms with Gasteiger partial charge in [-0.1, -0.05) is 6.07 Å². The number of nitrogens with zero attached hydrogens (tertiary/aromatic N) is 1. The van der Waals surface area contributed by atoms with Crippen LogP contribution < -0.4 is 11.1 Å². The number of imidazole rings is 1. The van der Waals surface area contributed by atoms with E-state index in [1.807, 2.05) is 6.92 Å². The molecule has 18 heavy (non-hydrogen) atoms. The van der Waals surface area contributed by atoms with Crippen LogP contribution in [0, 0.1) is 6.92 Å². The van der Waals surface area contributed by atoms with Crippen LogP contribution in [0.5, 0.6) is 0 Å². The highest BCUT2D eigenvalue weighted by atomic mass is 14.9. The van der Waals surface area contributed by atoms with Crippen LogP contribution >= 0.6 is 0 Å². The molecule has 1 aliphatic heterocycles. The second-order valence-electron chi connectivity index (χ2n) is 5.23. The summed E-state index contributed by atoms with van der Waals surface area (Å²) in [7, 11) is 0. The van der Waals surface area contributed by atoms with E-state index in [4.69, 9.17) is 5.73 Å². The first-order chi connectivity index (χ1) is 8.72. The molecule has 1 aromatic heterocycles. The van der Waals surface area contributed by atoms with Gasteiger partial charge in [0.05, 0.1) is 11.0 Å². The van der Waals surface area contributed by atoms with Crippen molar-refractivity contribution in [2.75, 3.05) is 6.54 Å². The molecule has 4 nitrogen and oxygen atoms in total. The summed E-state index contributed by atoms with van der Waals surface area (Å²) in [4.78, 5) is 7.67. The summed E-state index contributed by atoms with van der Waals surface area (Å²) in [5.74, 6) is 0.952. The zero-order chi connectivity index (χ0) is 12.5. The number of aromatic amines is 1. The van der Waals surface area contributed by atoms with Crippen LogP contribution in [0.1, 0.15) is 36.7 Å². The van der Waals surface area contributed by atoms with E-state index in [-0.39, 0.29) is 6.04 Å². The smallest absolute Gasteiger partial charge is 0.104 e. The largest absolute Gasteiger partial charge is 0.342 e. The van der Waals surface area contributed by atoms with Crippen molar-refractivity contribution in [3.63, 3.8) is 0 Å². The minimum Gasteiger partial charge on any atom is -0.342 e. The summed E-state index contributed by atoms with van der Waals surface area (Å²) < 4.78 is 0. The number of fused-ring (bicyclic) bond motifs is 1. The van der Waals surface area contributed by atoms with E-state index in [9.17, 15) is 0 Å². The van der Waals surface area contributed by atoms with E-state index in [0.717, 1.165) is 29.8 Å². The van der Waals surface area contributed by atoms with Crippen LogP contribution in [-0.2, 0) is 0 Å². The summed E-state index contributed by atoms with van der Waals surface area (Å²) in [5, 5.41) is 3.50. The van der Waals surface area contributed by atoms with Crippen molar-refractivity contribution in [2.45, 2.75) is 38.3 Å². The molecule has 2 aromatic rings. The van der Waals surface area contributed by atoms with Crippen LogP contribution in [0.15, 0.2) is 18.2 Å². The van der Waals surface area contributed by atoms with Crippen LogP contribution in [0.3, 0.4) is 0 Å². The Hall–Kier alpha value is -1.39. The van der Waals surface area contributed by atoms with Gasteiger partial charge in [0, 0.05) is 12.1 Å². The molecular weight excluding hydrogens is 224 g/mol. The van der Waals surface area contributed by atoms with Gasteiger partial charge in [-0.25, -0.2) is 4.98 Å². The van der Waals surface area contributed by atoms with Crippen molar-refractivity contribution < 1.29 is 0 Å². The van der Waals surface area contributed by atoms with Crippen LogP contribution in [0.4, 0.5) is 0 Å². The third-order valence-corrected chi connectivity index (χ3v) is 3.75.